The summed E-state index contributed by atoms with van der Waals surface area (Å²) in [5, 5.41) is 0.703. The monoisotopic (exact) mass is 440 g/mol. The normalized spacial score (nSPS) is 20.9. The Kier molecular flexibility index (Phi) is 7.41. The molecule has 5 nitrogen and oxygen atoms in total. The molecule has 2 atom stereocenters. The van der Waals surface area contributed by atoms with Crippen molar-refractivity contribution in [2.24, 2.45) is 7.05 Å². The number of benzene rings is 2. The molecular formula is C25H29ClN2O3. The van der Waals surface area contributed by atoms with Crippen LogP contribution >= 0.6 is 11.6 Å². The van der Waals surface area contributed by atoms with E-state index in [9.17, 15) is 0 Å². The van der Waals surface area contributed by atoms with Crippen LogP contribution in [0.1, 0.15) is 36.2 Å². The number of rotatable bonds is 10. The van der Waals surface area contributed by atoms with Gasteiger partial charge in [-0.1, -0.05) is 54.1 Å². The van der Waals surface area contributed by atoms with Crippen LogP contribution in [0.2, 0.25) is 5.02 Å². The summed E-state index contributed by atoms with van der Waals surface area (Å²) < 4.78 is 20.7. The molecule has 1 aliphatic heterocycles. The summed E-state index contributed by atoms with van der Waals surface area (Å²) in [5.41, 5.74) is 2.15. The van der Waals surface area contributed by atoms with Crippen LogP contribution < -0.4 is 0 Å². The first-order valence-electron chi connectivity index (χ1n) is 10.8. The topological polar surface area (TPSA) is 45.5 Å². The fourth-order valence-electron chi connectivity index (χ4n) is 3.94. The second kappa shape index (κ2) is 10.4. The number of aryl methyl sites for hydroxylation is 2. The summed E-state index contributed by atoms with van der Waals surface area (Å²) in [6, 6.07) is 17.9. The molecule has 1 saturated heterocycles. The Hall–Kier alpha value is -2.18. The predicted molar refractivity (Wildman–Crippen MR) is 121 cm³/mol. The Morgan fingerprint density at radius 2 is 1.94 bits per heavy atom. The van der Waals surface area contributed by atoms with E-state index in [2.05, 4.69) is 21.7 Å². The van der Waals surface area contributed by atoms with Crippen molar-refractivity contribution in [3.8, 4) is 0 Å². The van der Waals surface area contributed by atoms with Gasteiger partial charge in [0.05, 0.1) is 19.8 Å². The van der Waals surface area contributed by atoms with E-state index in [1.807, 2.05) is 61.9 Å². The van der Waals surface area contributed by atoms with Gasteiger partial charge in [0.15, 0.2) is 5.79 Å². The van der Waals surface area contributed by atoms with Gasteiger partial charge in [-0.25, -0.2) is 4.98 Å². The molecule has 3 aromatic rings. The van der Waals surface area contributed by atoms with Gasteiger partial charge in [0.2, 0.25) is 0 Å². The Morgan fingerprint density at radius 3 is 2.68 bits per heavy atom. The lowest BCUT2D eigenvalue weighted by Crippen LogP contribution is -2.29. The molecular weight excluding hydrogens is 412 g/mol. The van der Waals surface area contributed by atoms with Crippen molar-refractivity contribution in [2.45, 2.75) is 44.2 Å². The van der Waals surface area contributed by atoms with Crippen LogP contribution in [-0.2, 0) is 40.1 Å². The van der Waals surface area contributed by atoms with Gasteiger partial charge in [-0.3, -0.25) is 0 Å². The number of imidazole rings is 1. The zero-order valence-electron chi connectivity index (χ0n) is 17.9. The molecule has 0 bridgehead atoms. The first-order valence-corrected chi connectivity index (χ1v) is 11.2. The van der Waals surface area contributed by atoms with Crippen molar-refractivity contribution in [3.63, 3.8) is 0 Å². The third kappa shape index (κ3) is 5.74. The van der Waals surface area contributed by atoms with E-state index in [1.54, 1.807) is 0 Å². The highest BCUT2D eigenvalue weighted by Crippen LogP contribution is 2.39. The minimum absolute atomic E-state index is 0.103. The van der Waals surface area contributed by atoms with Crippen LogP contribution in [0.25, 0.3) is 0 Å². The van der Waals surface area contributed by atoms with Crippen molar-refractivity contribution >= 4 is 11.6 Å². The van der Waals surface area contributed by atoms with Crippen molar-refractivity contribution < 1.29 is 14.2 Å². The van der Waals surface area contributed by atoms with Crippen LogP contribution in [0.3, 0.4) is 0 Å². The van der Waals surface area contributed by atoms with E-state index in [1.165, 1.54) is 0 Å². The molecule has 1 aliphatic rings. The van der Waals surface area contributed by atoms with Crippen LogP contribution in [0.4, 0.5) is 0 Å². The lowest BCUT2D eigenvalue weighted by Gasteiger charge is -2.29. The third-order valence-corrected chi connectivity index (χ3v) is 5.89. The molecule has 2 heterocycles. The molecule has 0 amide bonds. The largest absolute Gasteiger partial charge is 0.374 e. The van der Waals surface area contributed by atoms with Gasteiger partial charge in [-0.2, -0.15) is 0 Å². The fraction of sp³-hybridized carbons (Fsp3) is 0.400. The number of aromatic nitrogens is 2. The van der Waals surface area contributed by atoms with Gasteiger partial charge < -0.3 is 18.8 Å². The molecule has 164 valence electrons. The van der Waals surface area contributed by atoms with Gasteiger partial charge in [-0.15, -0.1) is 0 Å². The smallest absolute Gasteiger partial charge is 0.195 e. The lowest BCUT2D eigenvalue weighted by molar-refractivity contribution is -0.187. The second-order valence-electron chi connectivity index (χ2n) is 7.97. The van der Waals surface area contributed by atoms with E-state index < -0.39 is 5.79 Å². The molecule has 0 unspecified atom stereocenters. The van der Waals surface area contributed by atoms with E-state index in [4.69, 9.17) is 25.8 Å². The second-order valence-corrected chi connectivity index (χ2v) is 8.41. The summed E-state index contributed by atoms with van der Waals surface area (Å²) in [6.45, 7) is 1.58. The van der Waals surface area contributed by atoms with E-state index in [0.29, 0.717) is 24.8 Å². The van der Waals surface area contributed by atoms with Crippen LogP contribution in [-0.4, -0.2) is 28.9 Å². The van der Waals surface area contributed by atoms with Crippen molar-refractivity contribution in [1.82, 2.24) is 9.55 Å². The molecule has 0 aliphatic carbocycles. The van der Waals surface area contributed by atoms with E-state index in [0.717, 1.165) is 42.6 Å². The minimum atomic E-state index is -0.757. The zero-order chi connectivity index (χ0) is 21.5. The fourth-order valence-corrected chi connectivity index (χ4v) is 4.06. The number of unbranched alkanes of at least 4 members (excludes halogenated alkanes) is 1. The Morgan fingerprint density at radius 1 is 1.13 bits per heavy atom. The number of halogens is 1. The highest BCUT2D eigenvalue weighted by Gasteiger charge is 2.42. The maximum absolute atomic E-state index is 6.46. The van der Waals surface area contributed by atoms with Gasteiger partial charge in [0.25, 0.3) is 0 Å². The number of hydrogen-bond acceptors (Lipinski definition) is 4. The summed E-state index contributed by atoms with van der Waals surface area (Å²) >= 11 is 6.11. The minimum Gasteiger partial charge on any atom is -0.374 e. The number of hydrogen-bond donors (Lipinski definition) is 0. The van der Waals surface area contributed by atoms with Crippen molar-refractivity contribution in [1.29, 1.82) is 0 Å². The molecule has 0 spiro atoms. The molecule has 31 heavy (non-hydrogen) atoms. The molecule has 0 saturated carbocycles. The van der Waals surface area contributed by atoms with Gasteiger partial charge in [0, 0.05) is 42.9 Å². The third-order valence-electron chi connectivity index (χ3n) is 5.64. The van der Waals surface area contributed by atoms with E-state index in [-0.39, 0.29) is 6.10 Å². The van der Waals surface area contributed by atoms with Crippen molar-refractivity contribution in [2.75, 3.05) is 13.2 Å². The predicted octanol–water partition coefficient (Wildman–Crippen LogP) is 5.27. The summed E-state index contributed by atoms with van der Waals surface area (Å²) in [6.07, 6.45) is 7.41. The van der Waals surface area contributed by atoms with Gasteiger partial charge >= 0.3 is 0 Å². The SMILES string of the molecule is Cn1ccnc1CCCC[C@]1(c2ccc(Cl)cc2)OC[C@H](COCc2ccccc2)O1. The highest BCUT2D eigenvalue weighted by atomic mass is 35.5. The molecule has 4 rings (SSSR count). The molecule has 1 fully saturated rings. The Bertz CT molecular complexity index is 945. The molecule has 2 aromatic carbocycles. The number of ether oxygens (including phenoxy) is 3. The molecule has 1 aromatic heterocycles. The van der Waals surface area contributed by atoms with Gasteiger partial charge in [0.1, 0.15) is 11.9 Å². The van der Waals surface area contributed by atoms with E-state index >= 15 is 0 Å². The zero-order valence-corrected chi connectivity index (χ0v) is 18.6. The van der Waals surface area contributed by atoms with Crippen LogP contribution in [0.5, 0.6) is 0 Å². The molecule has 0 radical (unpaired) electrons. The number of nitrogens with zero attached hydrogens (tertiary/aromatic N) is 2. The first kappa shape index (κ1) is 22.0. The Balaban J connectivity index is 1.35. The molecule has 6 heteroatoms. The van der Waals surface area contributed by atoms with Crippen LogP contribution in [0, 0.1) is 0 Å². The summed E-state index contributed by atoms with van der Waals surface area (Å²) in [4.78, 5) is 4.41. The van der Waals surface area contributed by atoms with Crippen molar-refractivity contribution in [3.05, 3.63) is 89.0 Å². The summed E-state index contributed by atoms with van der Waals surface area (Å²) in [5.74, 6) is 0.341. The van der Waals surface area contributed by atoms with Crippen LogP contribution in [0.15, 0.2) is 67.0 Å². The standard InChI is InChI=1S/C25H29ClN2O3/c1-28-16-15-27-24(28)9-5-6-14-25(21-10-12-22(26)13-11-21)30-19-23(31-25)18-29-17-20-7-3-2-4-8-20/h2-4,7-8,10-13,15-16,23H,5-6,9,14,17-19H2,1H3/t23-,25-/m0/s1. The van der Waals surface area contributed by atoms with Gasteiger partial charge in [-0.05, 0) is 30.5 Å². The maximum atomic E-state index is 6.46. The average Bonchev–Trinajstić information content (AvgIpc) is 3.39. The maximum Gasteiger partial charge on any atom is 0.195 e. The quantitative estimate of drug-likeness (QED) is 0.403. The Labute approximate surface area is 188 Å². The average molecular weight is 441 g/mol. The lowest BCUT2D eigenvalue weighted by atomic mass is 9.99. The highest BCUT2D eigenvalue weighted by molar-refractivity contribution is 6.30. The molecule has 0 N–H and O–H groups in total. The summed E-state index contributed by atoms with van der Waals surface area (Å²) in [7, 11) is 2.03. The first-order chi connectivity index (χ1) is 15.1.